The Balaban J connectivity index is 1.89. The molecule has 6 heteroatoms. The zero-order valence-corrected chi connectivity index (χ0v) is 12.9. The minimum absolute atomic E-state index is 0.736. The molecule has 20 heavy (non-hydrogen) atoms. The quantitative estimate of drug-likeness (QED) is 0.678. The van der Waals surface area contributed by atoms with E-state index in [0.717, 1.165) is 35.7 Å². The van der Waals surface area contributed by atoms with Crippen molar-refractivity contribution >= 4 is 27.6 Å². The van der Waals surface area contributed by atoms with Gasteiger partial charge in [0.15, 0.2) is 0 Å². The Kier molecular flexibility index (Phi) is 5.76. The lowest BCUT2D eigenvalue weighted by Gasteiger charge is -2.08. The molecule has 2 aromatic rings. The van der Waals surface area contributed by atoms with Gasteiger partial charge in [0.05, 0.1) is 0 Å². The van der Waals surface area contributed by atoms with Crippen molar-refractivity contribution < 1.29 is 0 Å². The summed E-state index contributed by atoms with van der Waals surface area (Å²) >= 11 is 3.43. The Morgan fingerprint density at radius 1 is 1.00 bits per heavy atom. The van der Waals surface area contributed by atoms with Crippen LogP contribution in [0.15, 0.2) is 41.1 Å². The topological polar surface area (TPSA) is 61.9 Å². The van der Waals surface area contributed by atoms with Gasteiger partial charge < -0.3 is 16.0 Å². The molecule has 0 saturated heterocycles. The highest BCUT2D eigenvalue weighted by Crippen LogP contribution is 2.13. The summed E-state index contributed by atoms with van der Waals surface area (Å²) in [7, 11) is 1.92. The van der Waals surface area contributed by atoms with Crippen LogP contribution in [0.2, 0.25) is 0 Å². The Morgan fingerprint density at radius 3 is 2.40 bits per heavy atom. The first-order valence-corrected chi connectivity index (χ1v) is 7.26. The van der Waals surface area contributed by atoms with E-state index in [0.29, 0.717) is 0 Å². The molecule has 0 spiro atoms. The Bertz CT molecular complexity index is 529. The van der Waals surface area contributed by atoms with E-state index in [4.69, 9.17) is 0 Å². The fourth-order valence-electron chi connectivity index (χ4n) is 1.66. The van der Waals surface area contributed by atoms with Gasteiger partial charge in [-0.3, -0.25) is 0 Å². The van der Waals surface area contributed by atoms with Crippen LogP contribution in [0.1, 0.15) is 5.56 Å². The van der Waals surface area contributed by atoms with E-state index < -0.39 is 0 Å². The molecule has 2 rings (SSSR count). The summed E-state index contributed by atoms with van der Waals surface area (Å²) in [6.07, 6.45) is 1.56. The SMILES string of the molecule is CNCCNc1cc(NCc2ccc(Br)cc2)ncn1. The number of nitrogens with zero attached hydrogens (tertiary/aromatic N) is 2. The lowest BCUT2D eigenvalue weighted by Crippen LogP contribution is -2.18. The van der Waals surface area contributed by atoms with E-state index >= 15 is 0 Å². The van der Waals surface area contributed by atoms with Crippen LogP contribution >= 0.6 is 15.9 Å². The normalized spacial score (nSPS) is 10.3. The molecule has 0 bridgehead atoms. The molecular formula is C14H18BrN5. The number of nitrogens with one attached hydrogen (secondary N) is 3. The van der Waals surface area contributed by atoms with Gasteiger partial charge >= 0.3 is 0 Å². The highest BCUT2D eigenvalue weighted by Gasteiger charge is 1.99. The maximum Gasteiger partial charge on any atom is 0.131 e. The number of hydrogen-bond acceptors (Lipinski definition) is 5. The third-order valence-corrected chi connectivity index (χ3v) is 3.26. The summed E-state index contributed by atoms with van der Waals surface area (Å²) in [6, 6.07) is 10.1. The van der Waals surface area contributed by atoms with Gasteiger partial charge in [-0.05, 0) is 24.7 Å². The number of benzene rings is 1. The molecule has 3 N–H and O–H groups in total. The van der Waals surface area contributed by atoms with Crippen LogP contribution in [0.5, 0.6) is 0 Å². The first kappa shape index (κ1) is 14.7. The highest BCUT2D eigenvalue weighted by molar-refractivity contribution is 9.10. The van der Waals surface area contributed by atoms with Crippen molar-refractivity contribution in [3.05, 3.63) is 46.7 Å². The van der Waals surface area contributed by atoms with Crippen LogP contribution in [0, 0.1) is 0 Å². The molecule has 0 fully saturated rings. The molecule has 0 aliphatic heterocycles. The molecule has 1 aromatic heterocycles. The number of anilines is 2. The first-order chi connectivity index (χ1) is 9.78. The van der Waals surface area contributed by atoms with Crippen LogP contribution < -0.4 is 16.0 Å². The Morgan fingerprint density at radius 2 is 1.70 bits per heavy atom. The van der Waals surface area contributed by atoms with Crippen molar-refractivity contribution in [3.63, 3.8) is 0 Å². The summed E-state index contributed by atoms with van der Waals surface area (Å²) in [4.78, 5) is 8.39. The molecule has 1 heterocycles. The lowest BCUT2D eigenvalue weighted by atomic mass is 10.2. The van der Waals surface area contributed by atoms with Gasteiger partial charge in [0.2, 0.25) is 0 Å². The number of aromatic nitrogens is 2. The van der Waals surface area contributed by atoms with Gasteiger partial charge in [-0.2, -0.15) is 0 Å². The van der Waals surface area contributed by atoms with Gasteiger partial charge in [0, 0.05) is 30.2 Å². The van der Waals surface area contributed by atoms with Crippen LogP contribution in [-0.4, -0.2) is 30.1 Å². The van der Waals surface area contributed by atoms with Gasteiger partial charge in [0.1, 0.15) is 18.0 Å². The fourth-order valence-corrected chi connectivity index (χ4v) is 1.93. The van der Waals surface area contributed by atoms with Gasteiger partial charge in [-0.1, -0.05) is 28.1 Å². The smallest absolute Gasteiger partial charge is 0.131 e. The molecule has 0 radical (unpaired) electrons. The second-order valence-corrected chi connectivity index (χ2v) is 5.21. The van der Waals surface area contributed by atoms with Crippen LogP contribution in [0.4, 0.5) is 11.6 Å². The van der Waals surface area contributed by atoms with Crippen LogP contribution in [0.3, 0.4) is 0 Å². The lowest BCUT2D eigenvalue weighted by molar-refractivity contribution is 0.821. The van der Waals surface area contributed by atoms with Crippen molar-refractivity contribution in [3.8, 4) is 0 Å². The largest absolute Gasteiger partial charge is 0.369 e. The van der Waals surface area contributed by atoms with E-state index in [9.17, 15) is 0 Å². The maximum absolute atomic E-state index is 4.21. The van der Waals surface area contributed by atoms with Crippen molar-refractivity contribution in [2.45, 2.75) is 6.54 Å². The number of hydrogen-bond donors (Lipinski definition) is 3. The molecule has 0 unspecified atom stereocenters. The predicted octanol–water partition coefficient (Wildman–Crippen LogP) is 2.48. The van der Waals surface area contributed by atoms with Crippen molar-refractivity contribution in [2.24, 2.45) is 0 Å². The maximum atomic E-state index is 4.21. The van der Waals surface area contributed by atoms with Gasteiger partial charge in [-0.15, -0.1) is 0 Å². The summed E-state index contributed by atoms with van der Waals surface area (Å²) in [5, 5.41) is 9.60. The standard InChI is InChI=1S/C14H18BrN5/c1-16-6-7-17-13-8-14(20-10-19-13)18-9-11-2-4-12(15)5-3-11/h2-5,8,10,16H,6-7,9H2,1H3,(H2,17,18,19,20). The van der Waals surface area contributed by atoms with E-state index in [1.165, 1.54) is 5.56 Å². The van der Waals surface area contributed by atoms with Crippen molar-refractivity contribution in [1.29, 1.82) is 0 Å². The predicted molar refractivity (Wildman–Crippen MR) is 85.9 cm³/mol. The van der Waals surface area contributed by atoms with Gasteiger partial charge in [-0.25, -0.2) is 9.97 Å². The zero-order chi connectivity index (χ0) is 14.2. The molecule has 0 saturated carbocycles. The molecule has 106 valence electrons. The molecule has 0 aliphatic carbocycles. The number of halogens is 1. The number of rotatable bonds is 7. The third-order valence-electron chi connectivity index (χ3n) is 2.74. The summed E-state index contributed by atoms with van der Waals surface area (Å²) < 4.78 is 1.08. The van der Waals surface area contributed by atoms with Gasteiger partial charge in [0.25, 0.3) is 0 Å². The van der Waals surface area contributed by atoms with E-state index in [-0.39, 0.29) is 0 Å². The van der Waals surface area contributed by atoms with E-state index in [2.05, 4.69) is 54.0 Å². The molecule has 5 nitrogen and oxygen atoms in total. The van der Waals surface area contributed by atoms with Crippen molar-refractivity contribution in [1.82, 2.24) is 15.3 Å². The average molecular weight is 336 g/mol. The number of likely N-dealkylation sites (N-methyl/N-ethyl adjacent to an activating group) is 1. The summed E-state index contributed by atoms with van der Waals surface area (Å²) in [6.45, 7) is 2.46. The second-order valence-electron chi connectivity index (χ2n) is 4.30. The monoisotopic (exact) mass is 335 g/mol. The minimum atomic E-state index is 0.736. The Hall–Kier alpha value is -1.66. The first-order valence-electron chi connectivity index (χ1n) is 6.47. The molecule has 0 aliphatic rings. The van der Waals surface area contributed by atoms with Crippen LogP contribution in [-0.2, 0) is 6.54 Å². The van der Waals surface area contributed by atoms with Crippen molar-refractivity contribution in [2.75, 3.05) is 30.8 Å². The fraction of sp³-hybridized carbons (Fsp3) is 0.286. The summed E-state index contributed by atoms with van der Waals surface area (Å²) in [5.74, 6) is 1.64. The molecular weight excluding hydrogens is 318 g/mol. The average Bonchev–Trinajstić information content (AvgIpc) is 2.47. The second kappa shape index (κ2) is 7.81. The summed E-state index contributed by atoms with van der Waals surface area (Å²) in [5.41, 5.74) is 1.21. The van der Waals surface area contributed by atoms with E-state index in [1.807, 2.05) is 25.2 Å². The minimum Gasteiger partial charge on any atom is -0.369 e. The third kappa shape index (κ3) is 4.79. The molecule has 1 aromatic carbocycles. The molecule has 0 amide bonds. The zero-order valence-electron chi connectivity index (χ0n) is 11.4. The van der Waals surface area contributed by atoms with Crippen LogP contribution in [0.25, 0.3) is 0 Å². The Labute approximate surface area is 127 Å². The molecule has 0 atom stereocenters. The van der Waals surface area contributed by atoms with E-state index in [1.54, 1.807) is 6.33 Å². The highest BCUT2D eigenvalue weighted by atomic mass is 79.9.